The molecule has 0 spiro atoms. The lowest BCUT2D eigenvalue weighted by molar-refractivity contribution is 0.0526. The molecule has 13 heavy (non-hydrogen) atoms. The van der Waals surface area contributed by atoms with E-state index < -0.39 is 0 Å². The van der Waals surface area contributed by atoms with Crippen molar-refractivity contribution in [1.82, 2.24) is 10.2 Å². The summed E-state index contributed by atoms with van der Waals surface area (Å²) < 4.78 is 5.64. The lowest BCUT2D eigenvalue weighted by atomic mass is 10.1. The third-order valence-electron chi connectivity index (χ3n) is 3.10. The average molecular weight is 184 g/mol. The summed E-state index contributed by atoms with van der Waals surface area (Å²) in [6.45, 7) is 7.86. The highest BCUT2D eigenvalue weighted by Crippen LogP contribution is 2.15. The summed E-state index contributed by atoms with van der Waals surface area (Å²) in [5, 5.41) is 3.41. The first-order chi connectivity index (χ1) is 6.36. The Morgan fingerprint density at radius 3 is 3.15 bits per heavy atom. The van der Waals surface area contributed by atoms with E-state index in [9.17, 15) is 0 Å². The first-order valence-electron chi connectivity index (χ1n) is 5.42. The molecule has 0 aromatic rings. The van der Waals surface area contributed by atoms with Crippen molar-refractivity contribution >= 4 is 0 Å². The van der Waals surface area contributed by atoms with Crippen molar-refractivity contribution < 1.29 is 4.74 Å². The zero-order valence-electron chi connectivity index (χ0n) is 8.46. The maximum atomic E-state index is 5.64. The molecule has 0 bridgehead atoms. The van der Waals surface area contributed by atoms with Crippen molar-refractivity contribution in [3.05, 3.63) is 0 Å². The van der Waals surface area contributed by atoms with Crippen molar-refractivity contribution in [1.29, 1.82) is 0 Å². The van der Waals surface area contributed by atoms with E-state index >= 15 is 0 Å². The predicted octanol–water partition coefficient (Wildman–Crippen LogP) is 0.459. The molecule has 1 N–H and O–H groups in total. The molecule has 2 aliphatic rings. The third kappa shape index (κ3) is 2.42. The molecule has 2 atom stereocenters. The van der Waals surface area contributed by atoms with Crippen LogP contribution in [-0.2, 0) is 4.74 Å². The van der Waals surface area contributed by atoms with E-state index in [1.807, 2.05) is 0 Å². The Hall–Kier alpha value is -0.120. The third-order valence-corrected chi connectivity index (χ3v) is 3.10. The normalized spacial score (nSPS) is 36.7. The van der Waals surface area contributed by atoms with E-state index in [0.717, 1.165) is 26.2 Å². The lowest BCUT2D eigenvalue weighted by Gasteiger charge is -2.35. The first kappa shape index (κ1) is 9.44. The number of hydrogen-bond acceptors (Lipinski definition) is 3. The summed E-state index contributed by atoms with van der Waals surface area (Å²) in [6.07, 6.45) is 3.03. The topological polar surface area (TPSA) is 24.5 Å². The van der Waals surface area contributed by atoms with Gasteiger partial charge >= 0.3 is 0 Å². The molecule has 3 nitrogen and oxygen atoms in total. The van der Waals surface area contributed by atoms with Crippen LogP contribution in [0.2, 0.25) is 0 Å². The summed E-state index contributed by atoms with van der Waals surface area (Å²) in [5.41, 5.74) is 0. The van der Waals surface area contributed by atoms with Gasteiger partial charge in [-0.1, -0.05) is 0 Å². The Balaban J connectivity index is 1.78. The smallest absolute Gasteiger partial charge is 0.0702 e. The summed E-state index contributed by atoms with van der Waals surface area (Å²) in [4.78, 5) is 2.55. The molecule has 0 aromatic heterocycles. The molecule has 0 radical (unpaired) electrons. The van der Waals surface area contributed by atoms with Crippen molar-refractivity contribution in [2.75, 3.05) is 32.8 Å². The average Bonchev–Trinajstić information content (AvgIpc) is 2.61. The highest BCUT2D eigenvalue weighted by atomic mass is 16.5. The second-order valence-corrected chi connectivity index (χ2v) is 4.18. The maximum absolute atomic E-state index is 5.64. The van der Waals surface area contributed by atoms with Crippen LogP contribution in [-0.4, -0.2) is 49.8 Å². The minimum absolute atomic E-state index is 0.514. The number of hydrogen-bond donors (Lipinski definition) is 1. The van der Waals surface area contributed by atoms with Crippen LogP contribution in [0.15, 0.2) is 0 Å². The second kappa shape index (κ2) is 4.40. The monoisotopic (exact) mass is 184 g/mol. The maximum Gasteiger partial charge on any atom is 0.0702 e. The minimum Gasteiger partial charge on any atom is -0.377 e. The van der Waals surface area contributed by atoms with Crippen molar-refractivity contribution in [2.24, 2.45) is 0 Å². The zero-order valence-corrected chi connectivity index (χ0v) is 8.46. The highest BCUT2D eigenvalue weighted by Gasteiger charge is 2.23. The van der Waals surface area contributed by atoms with Crippen LogP contribution in [0.25, 0.3) is 0 Å². The van der Waals surface area contributed by atoms with Gasteiger partial charge < -0.3 is 10.1 Å². The van der Waals surface area contributed by atoms with Crippen LogP contribution < -0.4 is 5.32 Å². The van der Waals surface area contributed by atoms with Gasteiger partial charge in [-0.15, -0.1) is 0 Å². The Bertz CT molecular complexity index is 157. The van der Waals surface area contributed by atoms with Crippen LogP contribution in [0.4, 0.5) is 0 Å². The molecule has 2 heterocycles. The Kier molecular flexibility index (Phi) is 3.19. The van der Waals surface area contributed by atoms with Gasteiger partial charge in [-0.2, -0.15) is 0 Å². The quantitative estimate of drug-likeness (QED) is 0.675. The largest absolute Gasteiger partial charge is 0.377 e. The van der Waals surface area contributed by atoms with Gasteiger partial charge in [0, 0.05) is 38.8 Å². The van der Waals surface area contributed by atoms with E-state index in [4.69, 9.17) is 4.74 Å². The molecule has 76 valence electrons. The van der Waals surface area contributed by atoms with Gasteiger partial charge in [0.15, 0.2) is 0 Å². The number of piperazine rings is 1. The molecule has 0 saturated carbocycles. The van der Waals surface area contributed by atoms with Gasteiger partial charge in [0.2, 0.25) is 0 Å². The molecular weight excluding hydrogens is 164 g/mol. The van der Waals surface area contributed by atoms with Crippen molar-refractivity contribution in [3.8, 4) is 0 Å². The van der Waals surface area contributed by atoms with Crippen LogP contribution >= 0.6 is 0 Å². The van der Waals surface area contributed by atoms with Gasteiger partial charge in [0.1, 0.15) is 0 Å². The van der Waals surface area contributed by atoms with Crippen LogP contribution in [0.5, 0.6) is 0 Å². The van der Waals surface area contributed by atoms with Gasteiger partial charge in [-0.05, 0) is 19.8 Å². The number of rotatable bonds is 2. The fraction of sp³-hybridized carbons (Fsp3) is 1.00. The second-order valence-electron chi connectivity index (χ2n) is 4.18. The van der Waals surface area contributed by atoms with E-state index in [1.165, 1.54) is 19.4 Å². The number of nitrogens with one attached hydrogen (secondary N) is 1. The first-order valence-corrected chi connectivity index (χ1v) is 5.42. The van der Waals surface area contributed by atoms with E-state index in [0.29, 0.717) is 12.1 Å². The molecule has 2 fully saturated rings. The predicted molar refractivity (Wildman–Crippen MR) is 52.9 cm³/mol. The molecule has 0 aliphatic carbocycles. The standard InChI is InChI=1S/C10H20N2O/c1-9-7-11-4-5-12(9)8-10-3-2-6-13-10/h9-11H,2-8H2,1H3/t9-,10+/m0/s1. The van der Waals surface area contributed by atoms with Crippen molar-refractivity contribution in [2.45, 2.75) is 31.9 Å². The highest BCUT2D eigenvalue weighted by molar-refractivity contribution is 4.79. The minimum atomic E-state index is 0.514. The molecule has 0 unspecified atom stereocenters. The lowest BCUT2D eigenvalue weighted by Crippen LogP contribution is -2.51. The Morgan fingerprint density at radius 1 is 1.54 bits per heavy atom. The number of ether oxygens (including phenoxy) is 1. The Labute approximate surface area is 80.4 Å². The fourth-order valence-corrected chi connectivity index (χ4v) is 2.20. The molecule has 3 heteroatoms. The molecular formula is C10H20N2O. The van der Waals surface area contributed by atoms with Gasteiger partial charge in [-0.3, -0.25) is 4.90 Å². The van der Waals surface area contributed by atoms with Crippen LogP contribution in [0.3, 0.4) is 0 Å². The molecule has 0 amide bonds. The van der Waals surface area contributed by atoms with Crippen LogP contribution in [0.1, 0.15) is 19.8 Å². The van der Waals surface area contributed by atoms with E-state index in [1.54, 1.807) is 0 Å². The van der Waals surface area contributed by atoms with E-state index in [2.05, 4.69) is 17.1 Å². The summed E-state index contributed by atoms with van der Waals surface area (Å²) in [7, 11) is 0. The molecule has 2 saturated heterocycles. The van der Waals surface area contributed by atoms with Gasteiger partial charge in [0.25, 0.3) is 0 Å². The fourth-order valence-electron chi connectivity index (χ4n) is 2.20. The zero-order chi connectivity index (χ0) is 9.10. The van der Waals surface area contributed by atoms with Crippen molar-refractivity contribution in [3.63, 3.8) is 0 Å². The molecule has 2 rings (SSSR count). The summed E-state index contributed by atoms with van der Waals surface area (Å²) >= 11 is 0. The molecule has 0 aromatic carbocycles. The van der Waals surface area contributed by atoms with Gasteiger partial charge in [-0.25, -0.2) is 0 Å². The SMILES string of the molecule is C[C@H]1CNCCN1C[C@H]1CCCO1. The summed E-state index contributed by atoms with van der Waals surface area (Å²) in [5.74, 6) is 0. The van der Waals surface area contributed by atoms with Gasteiger partial charge in [0.05, 0.1) is 6.10 Å². The summed E-state index contributed by atoms with van der Waals surface area (Å²) in [6, 6.07) is 0.679. The van der Waals surface area contributed by atoms with Crippen LogP contribution in [0, 0.1) is 0 Å². The molecule has 2 aliphatic heterocycles. The Morgan fingerprint density at radius 2 is 2.46 bits per heavy atom. The van der Waals surface area contributed by atoms with E-state index in [-0.39, 0.29) is 0 Å². The number of nitrogens with zero attached hydrogens (tertiary/aromatic N) is 1.